The molecule has 0 aliphatic carbocycles. The third-order valence-electron chi connectivity index (χ3n) is 13.7. The Morgan fingerprint density at radius 2 is 1.49 bits per heavy atom. The molecule has 0 radical (unpaired) electrons. The first-order valence-corrected chi connectivity index (χ1v) is 25.5. The maximum absolute atomic E-state index is 18.1. The van der Waals surface area contributed by atoms with Gasteiger partial charge < -0.3 is 38.2 Å². The molecular formula is C57H65F3N8O8. The van der Waals surface area contributed by atoms with E-state index in [-0.39, 0.29) is 97.2 Å². The molecular weight excluding hydrogens is 982 g/mol. The minimum absolute atomic E-state index is 0.0262. The van der Waals surface area contributed by atoms with Gasteiger partial charge in [-0.25, -0.2) is 32.7 Å². The van der Waals surface area contributed by atoms with E-state index in [2.05, 4.69) is 9.88 Å². The average Bonchev–Trinajstić information content (AvgIpc) is 3.92. The van der Waals surface area contributed by atoms with Crippen LogP contribution in [0.4, 0.5) is 40.1 Å². The van der Waals surface area contributed by atoms with Crippen LogP contribution in [0.5, 0.6) is 23.4 Å². The second-order valence-corrected chi connectivity index (χ2v) is 21.6. The maximum Gasteiger partial charge on any atom is 0.425 e. The van der Waals surface area contributed by atoms with Crippen LogP contribution in [-0.4, -0.2) is 107 Å². The first-order valence-electron chi connectivity index (χ1n) is 25.5. The molecule has 16 nitrogen and oxygen atoms in total. The first kappa shape index (κ1) is 53.4. The van der Waals surface area contributed by atoms with Crippen LogP contribution in [0.1, 0.15) is 96.0 Å². The number of imide groups is 1. The van der Waals surface area contributed by atoms with E-state index in [1.54, 1.807) is 91.9 Å². The van der Waals surface area contributed by atoms with Gasteiger partial charge in [-0.3, -0.25) is 4.90 Å². The minimum Gasteiger partial charge on any atom is -0.497 e. The summed E-state index contributed by atoms with van der Waals surface area (Å²) in [4.78, 5) is 53.5. The fourth-order valence-electron chi connectivity index (χ4n) is 10.3. The van der Waals surface area contributed by atoms with Crippen molar-refractivity contribution in [3.05, 3.63) is 113 Å². The van der Waals surface area contributed by atoms with Gasteiger partial charge in [0.05, 0.1) is 38.0 Å². The number of anilines is 3. The minimum atomic E-state index is -1.04. The Bertz CT molecular complexity index is 3040. The number of aryl methyl sites for hydroxylation is 1. The van der Waals surface area contributed by atoms with Crippen LogP contribution >= 0.6 is 0 Å². The molecule has 19 heteroatoms. The molecule has 0 bridgehead atoms. The molecule has 6 aromatic rings. The lowest BCUT2D eigenvalue weighted by Crippen LogP contribution is -2.45. The van der Waals surface area contributed by atoms with Gasteiger partial charge in [0.15, 0.2) is 17.5 Å². The van der Waals surface area contributed by atoms with Gasteiger partial charge in [-0.1, -0.05) is 30.3 Å². The van der Waals surface area contributed by atoms with Crippen LogP contribution in [0, 0.1) is 18.6 Å². The van der Waals surface area contributed by atoms with Gasteiger partial charge in [0, 0.05) is 43.4 Å². The fourth-order valence-corrected chi connectivity index (χ4v) is 10.3. The van der Waals surface area contributed by atoms with E-state index in [0.29, 0.717) is 35.6 Å². The summed E-state index contributed by atoms with van der Waals surface area (Å²) >= 11 is 0. The van der Waals surface area contributed by atoms with Crippen molar-refractivity contribution >= 4 is 40.4 Å². The average molecular weight is 1050 g/mol. The van der Waals surface area contributed by atoms with Crippen molar-refractivity contribution in [2.75, 3.05) is 61.8 Å². The largest absolute Gasteiger partial charge is 0.497 e. The molecule has 3 aliphatic heterocycles. The number of carbonyl (C=O) groups is 2. The van der Waals surface area contributed by atoms with E-state index >= 15 is 13.2 Å². The van der Waals surface area contributed by atoms with E-state index in [0.717, 1.165) is 22.4 Å². The molecule has 0 N–H and O–H groups in total. The van der Waals surface area contributed by atoms with Gasteiger partial charge in [-0.2, -0.15) is 14.9 Å². The standard InChI is InChI=1S/C57H65F3N8O8/c1-34-27-42(45(59)43(28-34)65(30-36-14-18-39(71-9)19-15-36)31-37-16-20-40(72-10)21-17-37)47-46(60)48-44-50(64-52(63-48)74-33-57-22-12-24-66(57)32-38(58)29-57)67(25-26-73-51(44)62-47)35(2)41-13-11-23-61-49(41)68(53(69)75-55(3,4)5)54(70)76-56(6,7)8/h11,13-21,23,27-28,35,38H,12,22,24-26,29-33H2,1-10H3/t35-,38-,57+/m1/s1. The monoisotopic (exact) mass is 1050 g/mol. The maximum atomic E-state index is 18.1. The quantitative estimate of drug-likeness (QED) is 0.102. The zero-order valence-electron chi connectivity index (χ0n) is 44.7. The number of aromatic nitrogens is 4. The summed E-state index contributed by atoms with van der Waals surface area (Å²) in [6.07, 6.45) is 0.167. The number of fused-ring (bicyclic) bond motifs is 1. The van der Waals surface area contributed by atoms with Gasteiger partial charge >= 0.3 is 18.2 Å². The summed E-state index contributed by atoms with van der Waals surface area (Å²) in [6.45, 7) is 15.3. The highest BCUT2D eigenvalue weighted by molar-refractivity contribution is 6.09. The van der Waals surface area contributed by atoms with Crippen LogP contribution in [0.15, 0.2) is 79.0 Å². The van der Waals surface area contributed by atoms with Gasteiger partial charge in [-0.15, -0.1) is 0 Å². The van der Waals surface area contributed by atoms with E-state index in [1.165, 1.54) is 6.20 Å². The molecule has 6 heterocycles. The fraction of sp³-hybridized carbons (Fsp3) is 0.439. The molecule has 3 aromatic heterocycles. The molecule has 2 amide bonds. The van der Waals surface area contributed by atoms with Crippen LogP contribution < -0.4 is 33.6 Å². The predicted octanol–water partition coefficient (Wildman–Crippen LogP) is 11.5. The Hall–Kier alpha value is -7.41. The second kappa shape index (κ2) is 21.3. The number of methoxy groups -OCH3 is 2. The Labute approximate surface area is 441 Å². The lowest BCUT2D eigenvalue weighted by Gasteiger charge is -2.33. The van der Waals surface area contributed by atoms with Gasteiger partial charge in [0.25, 0.3) is 0 Å². The number of alkyl halides is 1. The van der Waals surface area contributed by atoms with Crippen LogP contribution in [0.25, 0.3) is 22.2 Å². The third kappa shape index (κ3) is 11.2. The van der Waals surface area contributed by atoms with Crippen molar-refractivity contribution in [3.8, 4) is 34.6 Å². The Morgan fingerprint density at radius 1 is 0.855 bits per heavy atom. The highest BCUT2D eigenvalue weighted by Crippen LogP contribution is 2.45. The summed E-state index contributed by atoms with van der Waals surface area (Å²) in [6, 6.07) is 20.6. The number of rotatable bonds is 14. The molecule has 9 rings (SSSR count). The van der Waals surface area contributed by atoms with Gasteiger partial charge in [0.2, 0.25) is 5.88 Å². The van der Waals surface area contributed by atoms with Crippen molar-refractivity contribution in [2.24, 2.45) is 0 Å². The molecule has 0 saturated carbocycles. The van der Waals surface area contributed by atoms with E-state index in [4.69, 9.17) is 43.4 Å². The highest BCUT2D eigenvalue weighted by atomic mass is 19.1. The number of ether oxygens (including phenoxy) is 6. The molecule has 3 aliphatic rings. The Balaban J connectivity index is 1.18. The van der Waals surface area contributed by atoms with Crippen molar-refractivity contribution in [1.82, 2.24) is 24.8 Å². The van der Waals surface area contributed by atoms with Crippen LogP contribution in [0.3, 0.4) is 0 Å². The molecule has 2 saturated heterocycles. The molecule has 0 unspecified atom stereocenters. The molecule has 402 valence electrons. The first-order chi connectivity index (χ1) is 36.1. The van der Waals surface area contributed by atoms with E-state index in [1.807, 2.05) is 60.4 Å². The molecule has 0 spiro atoms. The summed E-state index contributed by atoms with van der Waals surface area (Å²) in [5, 5.41) is 0.0683. The van der Waals surface area contributed by atoms with Gasteiger partial charge in [0.1, 0.15) is 64.5 Å². The van der Waals surface area contributed by atoms with Crippen molar-refractivity contribution in [2.45, 2.75) is 117 Å². The summed E-state index contributed by atoms with van der Waals surface area (Å²) < 4.78 is 86.1. The van der Waals surface area contributed by atoms with E-state index in [9.17, 15) is 9.59 Å². The summed E-state index contributed by atoms with van der Waals surface area (Å²) in [7, 11) is 3.17. The lowest BCUT2D eigenvalue weighted by atomic mass is 9.95. The number of pyridine rings is 2. The number of carbonyl (C=O) groups excluding carboxylic acids is 2. The van der Waals surface area contributed by atoms with Gasteiger partial charge in [-0.05, 0) is 134 Å². The molecule has 3 atom stereocenters. The van der Waals surface area contributed by atoms with Crippen LogP contribution in [0.2, 0.25) is 0 Å². The predicted molar refractivity (Wildman–Crippen MR) is 282 cm³/mol. The van der Waals surface area contributed by atoms with Crippen LogP contribution in [-0.2, 0) is 22.6 Å². The third-order valence-corrected chi connectivity index (χ3v) is 13.7. The molecule has 2 fully saturated rings. The molecule has 76 heavy (non-hydrogen) atoms. The Morgan fingerprint density at radius 3 is 2.09 bits per heavy atom. The van der Waals surface area contributed by atoms with E-state index < -0.39 is 52.8 Å². The smallest absolute Gasteiger partial charge is 0.425 e. The van der Waals surface area contributed by atoms with Crippen molar-refractivity contribution in [1.29, 1.82) is 0 Å². The second-order valence-electron chi connectivity index (χ2n) is 21.6. The normalized spacial score (nSPS) is 17.9. The highest BCUT2D eigenvalue weighted by Gasteiger charge is 2.49. The number of nitrogens with zero attached hydrogens (tertiary/aromatic N) is 8. The summed E-state index contributed by atoms with van der Waals surface area (Å²) in [5.41, 5.74) is -0.431. The van der Waals surface area contributed by atoms with Crippen molar-refractivity contribution < 1.29 is 51.2 Å². The number of amides is 2. The number of benzene rings is 3. The number of hydrogen-bond acceptors (Lipinski definition) is 15. The lowest BCUT2D eigenvalue weighted by molar-refractivity contribution is 0.0428. The molecule has 3 aromatic carbocycles. The SMILES string of the molecule is COc1ccc(CN(Cc2ccc(OC)cc2)c2cc(C)cc(-c3nc4c5c(nc(OC[C@@]67CCCN6C[C@H](F)C7)nc5c3F)N([C@H](C)c3cccnc3N(C(=O)OC(C)(C)C)C(=O)OC(C)(C)C)CCO4)c2F)cc1. The number of halogens is 3. The van der Waals surface area contributed by atoms with Crippen molar-refractivity contribution in [3.63, 3.8) is 0 Å². The zero-order chi connectivity index (χ0) is 54.3. The Kier molecular flexibility index (Phi) is 15.0. The topological polar surface area (TPSA) is 154 Å². The number of hydrogen-bond donors (Lipinski definition) is 0. The summed E-state index contributed by atoms with van der Waals surface area (Å²) in [5.74, 6) is -0.358. The zero-order valence-corrected chi connectivity index (χ0v) is 44.7.